The average Bonchev–Trinajstić information content (AvgIpc) is 2.40. The molecule has 1 amide bonds. The Labute approximate surface area is 115 Å². The molecule has 18 heavy (non-hydrogen) atoms. The van der Waals surface area contributed by atoms with E-state index in [0.29, 0.717) is 18.7 Å². The monoisotopic (exact) mass is 317 g/mol. The molecule has 1 aromatic rings. The standard InChI is InChI=1S/C13H17BrFNO2/c1-3-16(8-4-7-14)13(17)10-5-6-11(15)12(9-10)18-2/h5-6,9H,3-4,7-8H2,1-2H3. The van der Waals surface area contributed by atoms with Gasteiger partial charge in [0.05, 0.1) is 7.11 Å². The molecule has 0 saturated heterocycles. The van der Waals surface area contributed by atoms with Crippen LogP contribution in [-0.2, 0) is 0 Å². The molecule has 1 rings (SSSR count). The lowest BCUT2D eigenvalue weighted by atomic mass is 10.1. The molecule has 1 aromatic carbocycles. The molecule has 100 valence electrons. The zero-order valence-corrected chi connectivity index (χ0v) is 12.2. The minimum absolute atomic E-state index is 0.0948. The van der Waals surface area contributed by atoms with Crippen molar-refractivity contribution < 1.29 is 13.9 Å². The SMILES string of the molecule is CCN(CCCBr)C(=O)c1ccc(F)c(OC)c1. The van der Waals surface area contributed by atoms with Gasteiger partial charge in [-0.3, -0.25) is 4.79 Å². The molecule has 0 radical (unpaired) electrons. The van der Waals surface area contributed by atoms with Crippen molar-refractivity contribution in [2.75, 3.05) is 25.5 Å². The number of benzene rings is 1. The van der Waals surface area contributed by atoms with E-state index in [1.807, 2.05) is 6.92 Å². The summed E-state index contributed by atoms with van der Waals surface area (Å²) in [6.07, 6.45) is 0.887. The summed E-state index contributed by atoms with van der Waals surface area (Å²) >= 11 is 3.34. The zero-order chi connectivity index (χ0) is 13.5. The number of ether oxygens (including phenoxy) is 1. The van der Waals surface area contributed by atoms with Crippen molar-refractivity contribution in [3.05, 3.63) is 29.6 Å². The first kappa shape index (κ1) is 15.0. The highest BCUT2D eigenvalue weighted by molar-refractivity contribution is 9.09. The van der Waals surface area contributed by atoms with Gasteiger partial charge in [-0.05, 0) is 31.5 Å². The van der Waals surface area contributed by atoms with Crippen LogP contribution in [0.3, 0.4) is 0 Å². The normalized spacial score (nSPS) is 10.2. The maximum atomic E-state index is 13.3. The summed E-state index contributed by atoms with van der Waals surface area (Å²) in [6.45, 7) is 3.23. The van der Waals surface area contributed by atoms with E-state index in [9.17, 15) is 9.18 Å². The van der Waals surface area contributed by atoms with E-state index in [2.05, 4.69) is 15.9 Å². The summed E-state index contributed by atoms with van der Waals surface area (Å²) in [5.74, 6) is -0.466. The molecular formula is C13H17BrFNO2. The van der Waals surface area contributed by atoms with E-state index in [1.54, 1.807) is 4.90 Å². The van der Waals surface area contributed by atoms with Crippen LogP contribution in [0.4, 0.5) is 4.39 Å². The minimum Gasteiger partial charge on any atom is -0.494 e. The van der Waals surface area contributed by atoms with Crippen LogP contribution in [0.15, 0.2) is 18.2 Å². The number of nitrogens with zero attached hydrogens (tertiary/aromatic N) is 1. The lowest BCUT2D eigenvalue weighted by molar-refractivity contribution is 0.0764. The van der Waals surface area contributed by atoms with Gasteiger partial charge >= 0.3 is 0 Å². The van der Waals surface area contributed by atoms with Gasteiger partial charge in [0.1, 0.15) is 0 Å². The van der Waals surface area contributed by atoms with Crippen LogP contribution < -0.4 is 4.74 Å². The highest BCUT2D eigenvalue weighted by Gasteiger charge is 2.15. The third-order valence-corrected chi connectivity index (χ3v) is 3.19. The molecule has 0 aliphatic carbocycles. The molecular weight excluding hydrogens is 301 g/mol. The molecule has 0 bridgehead atoms. The first-order chi connectivity index (χ1) is 8.63. The van der Waals surface area contributed by atoms with Gasteiger partial charge in [0, 0.05) is 24.0 Å². The van der Waals surface area contributed by atoms with Gasteiger partial charge in [0.25, 0.3) is 5.91 Å². The fourth-order valence-corrected chi connectivity index (χ4v) is 1.88. The van der Waals surface area contributed by atoms with Crippen molar-refractivity contribution in [3.63, 3.8) is 0 Å². The summed E-state index contributed by atoms with van der Waals surface area (Å²) < 4.78 is 18.1. The Morgan fingerprint density at radius 3 is 2.78 bits per heavy atom. The number of methoxy groups -OCH3 is 1. The highest BCUT2D eigenvalue weighted by atomic mass is 79.9. The fourth-order valence-electron chi connectivity index (χ4n) is 1.63. The lowest BCUT2D eigenvalue weighted by Crippen LogP contribution is -2.32. The molecule has 0 fully saturated rings. The van der Waals surface area contributed by atoms with Gasteiger partial charge < -0.3 is 9.64 Å². The second-order valence-electron chi connectivity index (χ2n) is 3.78. The molecule has 5 heteroatoms. The number of amides is 1. The van der Waals surface area contributed by atoms with Crippen molar-refractivity contribution in [2.45, 2.75) is 13.3 Å². The van der Waals surface area contributed by atoms with Crippen molar-refractivity contribution in [2.24, 2.45) is 0 Å². The second-order valence-corrected chi connectivity index (χ2v) is 4.57. The van der Waals surface area contributed by atoms with Crippen LogP contribution in [0.25, 0.3) is 0 Å². The number of carbonyl (C=O) groups is 1. The van der Waals surface area contributed by atoms with Crippen LogP contribution in [-0.4, -0.2) is 36.3 Å². The van der Waals surface area contributed by atoms with Gasteiger partial charge in [-0.25, -0.2) is 4.39 Å². The molecule has 0 saturated carbocycles. The fraction of sp³-hybridized carbons (Fsp3) is 0.462. The first-order valence-electron chi connectivity index (χ1n) is 5.82. The summed E-state index contributed by atoms with van der Waals surface area (Å²) in [5, 5.41) is 0.851. The van der Waals surface area contributed by atoms with E-state index in [4.69, 9.17) is 4.74 Å². The van der Waals surface area contributed by atoms with E-state index in [0.717, 1.165) is 11.8 Å². The van der Waals surface area contributed by atoms with Gasteiger partial charge in [0.15, 0.2) is 11.6 Å². The largest absolute Gasteiger partial charge is 0.494 e. The smallest absolute Gasteiger partial charge is 0.253 e. The topological polar surface area (TPSA) is 29.5 Å². The first-order valence-corrected chi connectivity index (χ1v) is 6.95. The van der Waals surface area contributed by atoms with Crippen LogP contribution in [0.2, 0.25) is 0 Å². The highest BCUT2D eigenvalue weighted by Crippen LogP contribution is 2.19. The predicted molar refractivity (Wildman–Crippen MR) is 72.9 cm³/mol. The molecule has 0 aromatic heterocycles. The number of hydrogen-bond acceptors (Lipinski definition) is 2. The Morgan fingerprint density at radius 1 is 1.50 bits per heavy atom. The van der Waals surface area contributed by atoms with Crippen molar-refractivity contribution in [1.29, 1.82) is 0 Å². The Morgan fingerprint density at radius 2 is 2.22 bits per heavy atom. The Hall–Kier alpha value is -1.10. The van der Waals surface area contributed by atoms with Crippen LogP contribution in [0, 0.1) is 5.82 Å². The predicted octanol–water partition coefficient (Wildman–Crippen LogP) is 3.08. The molecule has 0 spiro atoms. The number of halogens is 2. The van der Waals surface area contributed by atoms with Gasteiger partial charge in [-0.15, -0.1) is 0 Å². The second kappa shape index (κ2) is 7.36. The van der Waals surface area contributed by atoms with E-state index < -0.39 is 5.82 Å². The zero-order valence-electron chi connectivity index (χ0n) is 10.6. The number of rotatable bonds is 6. The molecule has 3 nitrogen and oxygen atoms in total. The summed E-state index contributed by atoms with van der Waals surface area (Å²) in [7, 11) is 1.38. The molecule has 0 N–H and O–H groups in total. The maximum Gasteiger partial charge on any atom is 0.253 e. The number of hydrogen-bond donors (Lipinski definition) is 0. The van der Waals surface area contributed by atoms with Crippen molar-refractivity contribution >= 4 is 21.8 Å². The Balaban J connectivity index is 2.87. The molecule has 0 unspecified atom stereocenters. The van der Waals surface area contributed by atoms with E-state index in [-0.39, 0.29) is 11.7 Å². The van der Waals surface area contributed by atoms with E-state index in [1.165, 1.54) is 25.3 Å². The Kier molecular flexibility index (Phi) is 6.12. The van der Waals surface area contributed by atoms with Crippen LogP contribution in [0.1, 0.15) is 23.7 Å². The van der Waals surface area contributed by atoms with Crippen molar-refractivity contribution in [1.82, 2.24) is 4.90 Å². The molecule has 0 heterocycles. The number of alkyl halides is 1. The van der Waals surface area contributed by atoms with Gasteiger partial charge in [-0.1, -0.05) is 15.9 Å². The molecule has 0 atom stereocenters. The third kappa shape index (κ3) is 3.70. The van der Waals surface area contributed by atoms with Gasteiger partial charge in [0.2, 0.25) is 0 Å². The average molecular weight is 318 g/mol. The minimum atomic E-state index is -0.461. The summed E-state index contributed by atoms with van der Waals surface area (Å²) in [4.78, 5) is 13.9. The van der Waals surface area contributed by atoms with Crippen molar-refractivity contribution in [3.8, 4) is 5.75 Å². The van der Waals surface area contributed by atoms with Crippen LogP contribution in [0.5, 0.6) is 5.75 Å². The number of carbonyl (C=O) groups excluding carboxylic acids is 1. The van der Waals surface area contributed by atoms with Gasteiger partial charge in [-0.2, -0.15) is 0 Å². The molecule has 0 aliphatic rings. The summed E-state index contributed by atoms with van der Waals surface area (Å²) in [5.41, 5.74) is 0.449. The van der Waals surface area contributed by atoms with Crippen LogP contribution >= 0.6 is 15.9 Å². The Bertz CT molecular complexity index is 412. The van der Waals surface area contributed by atoms with E-state index >= 15 is 0 Å². The maximum absolute atomic E-state index is 13.3. The quantitative estimate of drug-likeness (QED) is 0.755. The summed E-state index contributed by atoms with van der Waals surface area (Å²) in [6, 6.07) is 4.18. The molecule has 0 aliphatic heterocycles. The third-order valence-electron chi connectivity index (χ3n) is 2.63. The lowest BCUT2D eigenvalue weighted by Gasteiger charge is -2.20.